The zero-order chi connectivity index (χ0) is 19.2. The van der Waals surface area contributed by atoms with Gasteiger partial charge in [0.25, 0.3) is 15.9 Å². The minimum Gasteiger partial charge on any atom is -0.467 e. The van der Waals surface area contributed by atoms with Gasteiger partial charge in [-0.25, -0.2) is 8.42 Å². The molecule has 1 N–H and O–H groups in total. The van der Waals surface area contributed by atoms with E-state index < -0.39 is 10.0 Å². The van der Waals surface area contributed by atoms with Gasteiger partial charge >= 0.3 is 0 Å². The number of fused-ring (bicyclic) bond motifs is 3. The molecule has 0 aliphatic carbocycles. The Morgan fingerprint density at radius 1 is 1.11 bits per heavy atom. The highest BCUT2D eigenvalue weighted by Crippen LogP contribution is 2.44. The van der Waals surface area contributed by atoms with Gasteiger partial charge in [0.2, 0.25) is 0 Å². The van der Waals surface area contributed by atoms with Gasteiger partial charge in [-0.1, -0.05) is 18.2 Å². The zero-order valence-corrected chi connectivity index (χ0v) is 15.7. The molecule has 0 bridgehead atoms. The van der Waals surface area contributed by atoms with Gasteiger partial charge in [-0.2, -0.15) is 0 Å². The lowest BCUT2D eigenvalue weighted by Gasteiger charge is -2.31. The van der Waals surface area contributed by atoms with Crippen molar-refractivity contribution in [1.82, 2.24) is 5.32 Å². The highest BCUT2D eigenvalue weighted by molar-refractivity contribution is 7.93. The number of hydrogen-bond acceptors (Lipinski definition) is 4. The van der Waals surface area contributed by atoms with Crippen LogP contribution in [-0.2, 0) is 16.6 Å². The van der Waals surface area contributed by atoms with E-state index in [1.165, 1.54) is 11.4 Å². The molecule has 1 aliphatic heterocycles. The minimum atomic E-state index is -3.61. The molecular formula is C20H18N2O4S. The normalized spacial score (nSPS) is 14.4. The number of benzene rings is 2. The molecule has 1 aromatic heterocycles. The van der Waals surface area contributed by atoms with Gasteiger partial charge < -0.3 is 9.73 Å². The molecule has 7 heteroatoms. The molecule has 27 heavy (non-hydrogen) atoms. The van der Waals surface area contributed by atoms with E-state index in [2.05, 4.69) is 5.32 Å². The zero-order valence-electron chi connectivity index (χ0n) is 14.9. The van der Waals surface area contributed by atoms with Crippen molar-refractivity contribution >= 4 is 21.6 Å². The van der Waals surface area contributed by atoms with Crippen LogP contribution < -0.4 is 9.62 Å². The molecule has 4 rings (SSSR count). The maximum Gasteiger partial charge on any atom is 0.264 e. The molecule has 1 aliphatic rings. The molecule has 0 saturated heterocycles. The van der Waals surface area contributed by atoms with Crippen molar-refractivity contribution in [3.63, 3.8) is 0 Å². The third-order valence-electron chi connectivity index (χ3n) is 4.70. The van der Waals surface area contributed by atoms with Gasteiger partial charge in [-0.05, 0) is 42.8 Å². The summed E-state index contributed by atoms with van der Waals surface area (Å²) in [6.07, 6.45) is 1.55. The van der Waals surface area contributed by atoms with Crippen LogP contribution in [0, 0.1) is 6.92 Å². The maximum absolute atomic E-state index is 12.8. The number of carbonyl (C=O) groups is 1. The third-order valence-corrected chi connectivity index (χ3v) is 6.51. The Hall–Kier alpha value is -3.06. The number of nitrogens with zero attached hydrogens (tertiary/aromatic N) is 1. The predicted molar refractivity (Wildman–Crippen MR) is 102 cm³/mol. The van der Waals surface area contributed by atoms with Crippen LogP contribution in [-0.4, -0.2) is 21.4 Å². The molecule has 0 fully saturated rings. The minimum absolute atomic E-state index is 0.243. The van der Waals surface area contributed by atoms with Crippen molar-refractivity contribution in [3.8, 4) is 11.1 Å². The summed E-state index contributed by atoms with van der Waals surface area (Å²) >= 11 is 0. The number of aryl methyl sites for hydroxylation is 1. The number of hydrogen-bond donors (Lipinski definition) is 1. The molecule has 0 spiro atoms. The van der Waals surface area contributed by atoms with Crippen LogP contribution in [0.5, 0.6) is 0 Å². The molecule has 3 aromatic rings. The number of nitrogens with one attached hydrogen (secondary N) is 1. The molecular weight excluding hydrogens is 364 g/mol. The number of furan rings is 1. The molecule has 1 amide bonds. The second-order valence-corrected chi connectivity index (χ2v) is 8.36. The van der Waals surface area contributed by atoms with Crippen LogP contribution in [0.4, 0.5) is 5.69 Å². The van der Waals surface area contributed by atoms with Crippen LogP contribution in [0.25, 0.3) is 11.1 Å². The molecule has 0 radical (unpaired) electrons. The van der Waals surface area contributed by atoms with Crippen LogP contribution in [0.2, 0.25) is 0 Å². The Morgan fingerprint density at radius 3 is 2.63 bits per heavy atom. The van der Waals surface area contributed by atoms with E-state index in [0.29, 0.717) is 22.6 Å². The Kier molecular flexibility index (Phi) is 4.04. The fourth-order valence-electron chi connectivity index (χ4n) is 3.40. The summed E-state index contributed by atoms with van der Waals surface area (Å²) in [5, 5.41) is 2.82. The van der Waals surface area contributed by atoms with Crippen LogP contribution in [0.15, 0.2) is 64.1 Å². The third kappa shape index (κ3) is 2.80. The summed E-state index contributed by atoms with van der Waals surface area (Å²) in [5.74, 6) is 0.417. The quantitative estimate of drug-likeness (QED) is 0.754. The summed E-state index contributed by atoms with van der Waals surface area (Å²) in [6, 6.07) is 13.8. The fraction of sp³-hybridized carbons (Fsp3) is 0.150. The lowest BCUT2D eigenvalue weighted by atomic mass is 9.96. The van der Waals surface area contributed by atoms with Crippen LogP contribution >= 0.6 is 0 Å². The number of anilines is 1. The monoisotopic (exact) mass is 382 g/mol. The average molecular weight is 382 g/mol. The molecule has 0 saturated carbocycles. The smallest absolute Gasteiger partial charge is 0.264 e. The van der Waals surface area contributed by atoms with Crippen molar-refractivity contribution < 1.29 is 17.6 Å². The van der Waals surface area contributed by atoms with Gasteiger partial charge in [-0.15, -0.1) is 0 Å². The first-order valence-corrected chi connectivity index (χ1v) is 9.87. The number of sulfonamides is 1. The Morgan fingerprint density at radius 2 is 1.89 bits per heavy atom. The fourth-order valence-corrected chi connectivity index (χ4v) is 4.88. The van der Waals surface area contributed by atoms with Crippen molar-refractivity contribution in [2.75, 3.05) is 11.4 Å². The van der Waals surface area contributed by atoms with Crippen LogP contribution in [0.3, 0.4) is 0 Å². The number of amides is 1. The lowest BCUT2D eigenvalue weighted by molar-refractivity contribution is 0.0948. The molecule has 0 unspecified atom stereocenters. The number of carbonyl (C=O) groups excluding carboxylic acids is 1. The lowest BCUT2D eigenvalue weighted by Crippen LogP contribution is -2.31. The molecule has 138 valence electrons. The van der Waals surface area contributed by atoms with E-state index >= 15 is 0 Å². The van der Waals surface area contributed by atoms with E-state index in [4.69, 9.17) is 4.42 Å². The second kappa shape index (κ2) is 6.28. The van der Waals surface area contributed by atoms with E-state index in [1.807, 2.05) is 6.92 Å². The molecule has 0 atom stereocenters. The van der Waals surface area contributed by atoms with Gasteiger partial charge in [0.15, 0.2) is 0 Å². The van der Waals surface area contributed by atoms with E-state index in [-0.39, 0.29) is 17.3 Å². The molecule has 2 aromatic carbocycles. The first-order chi connectivity index (χ1) is 12.9. The molecule has 2 heterocycles. The van der Waals surface area contributed by atoms with Gasteiger partial charge in [-0.3, -0.25) is 9.10 Å². The Bertz CT molecular complexity index is 1130. The average Bonchev–Trinajstić information content (AvgIpc) is 3.17. The first-order valence-electron chi connectivity index (χ1n) is 8.43. The molecule has 6 nitrogen and oxygen atoms in total. The van der Waals surface area contributed by atoms with Gasteiger partial charge in [0.1, 0.15) is 5.76 Å². The van der Waals surface area contributed by atoms with E-state index in [1.54, 1.807) is 54.8 Å². The number of rotatable bonds is 3. The van der Waals surface area contributed by atoms with Crippen molar-refractivity contribution in [1.29, 1.82) is 0 Å². The summed E-state index contributed by atoms with van der Waals surface area (Å²) in [4.78, 5) is 12.9. The Balaban J connectivity index is 1.78. The van der Waals surface area contributed by atoms with Crippen LogP contribution in [0.1, 0.15) is 21.7 Å². The second-order valence-electron chi connectivity index (χ2n) is 6.42. The highest BCUT2D eigenvalue weighted by atomic mass is 32.2. The van der Waals surface area contributed by atoms with Crippen molar-refractivity contribution in [2.24, 2.45) is 0 Å². The van der Waals surface area contributed by atoms with E-state index in [9.17, 15) is 13.2 Å². The summed E-state index contributed by atoms with van der Waals surface area (Å²) in [5.41, 5.74) is 3.12. The summed E-state index contributed by atoms with van der Waals surface area (Å²) in [7, 11) is -2.07. The van der Waals surface area contributed by atoms with Gasteiger partial charge in [0, 0.05) is 23.7 Å². The standard InChI is InChI=1S/C20H18N2O4S/c1-13-10-14(20(23)21-12-15-6-5-9-26-15)11-17-16-7-3-4-8-18(16)27(24,25)22(2)19(13)17/h3-11H,12H2,1-2H3,(H,21,23). The highest BCUT2D eigenvalue weighted by Gasteiger charge is 2.33. The van der Waals surface area contributed by atoms with Crippen molar-refractivity contribution in [2.45, 2.75) is 18.4 Å². The largest absolute Gasteiger partial charge is 0.467 e. The van der Waals surface area contributed by atoms with Crippen molar-refractivity contribution in [3.05, 3.63) is 71.7 Å². The summed E-state index contributed by atoms with van der Waals surface area (Å²) in [6.45, 7) is 2.09. The maximum atomic E-state index is 12.8. The summed E-state index contributed by atoms with van der Waals surface area (Å²) < 4.78 is 32.1. The van der Waals surface area contributed by atoms with E-state index in [0.717, 1.165) is 11.1 Å². The topological polar surface area (TPSA) is 79.6 Å². The SMILES string of the molecule is Cc1cc(C(=O)NCc2ccco2)cc2c1N(C)S(=O)(=O)c1ccccc1-2. The van der Waals surface area contributed by atoms with Gasteiger partial charge in [0.05, 0.1) is 23.4 Å². The Labute approximate surface area is 157 Å². The first kappa shape index (κ1) is 17.4. The predicted octanol–water partition coefficient (Wildman–Crippen LogP) is 3.32.